The van der Waals surface area contributed by atoms with Crippen LogP contribution in [-0.2, 0) is 20.9 Å². The number of halogens is 1. The van der Waals surface area contributed by atoms with E-state index in [0.29, 0.717) is 30.8 Å². The highest BCUT2D eigenvalue weighted by Crippen LogP contribution is 2.40. The molecule has 0 spiro atoms. The number of likely N-dealkylation sites (tertiary alicyclic amines) is 1. The van der Waals surface area contributed by atoms with Crippen molar-refractivity contribution in [1.29, 1.82) is 0 Å². The lowest BCUT2D eigenvalue weighted by Gasteiger charge is -2.38. The molecule has 2 aromatic rings. The summed E-state index contributed by atoms with van der Waals surface area (Å²) in [6, 6.07) is 7.46. The van der Waals surface area contributed by atoms with E-state index in [1.165, 1.54) is 29.4 Å². The lowest BCUT2D eigenvalue weighted by Crippen LogP contribution is -2.43. The van der Waals surface area contributed by atoms with Gasteiger partial charge < -0.3 is 5.11 Å². The van der Waals surface area contributed by atoms with Crippen LogP contribution < -0.4 is 0 Å². The number of piperidine rings is 1. The third kappa shape index (κ3) is 5.78. The summed E-state index contributed by atoms with van der Waals surface area (Å²) in [5, 5.41) is 13.2. The number of Topliss-reactive ketones (excluding diaryl/α,β-unsaturated/α-hetero) is 1. The smallest absolute Gasteiger partial charge is 0.325 e. The SMILES string of the molecule is CC(=O)SC1CCN(C(C(=O)C2CC2)c2ccccc2F)C/C1=C/c1ccn(CC(=O)O)n1. The van der Waals surface area contributed by atoms with Crippen LogP contribution in [0.1, 0.15) is 43.5 Å². The first-order valence-electron chi connectivity index (χ1n) is 11.0. The van der Waals surface area contributed by atoms with Crippen molar-refractivity contribution in [3.8, 4) is 0 Å². The van der Waals surface area contributed by atoms with Gasteiger partial charge in [-0.05, 0) is 43.0 Å². The van der Waals surface area contributed by atoms with E-state index in [2.05, 4.69) is 5.10 Å². The molecule has 0 amide bonds. The summed E-state index contributed by atoms with van der Waals surface area (Å²) in [4.78, 5) is 38.0. The molecule has 1 aliphatic heterocycles. The standard InChI is InChI=1S/C24H26FN3O4S/c1-15(29)33-21-9-10-27(13-17(21)12-18-8-11-28(26-18)14-22(30)31)23(24(32)16-6-7-16)19-4-2-3-5-20(19)25/h2-5,8,11-12,16,21,23H,6-7,9-10,13-14H2,1H3,(H,30,31)/b17-12-. The Balaban J connectivity index is 1.64. The molecule has 1 N–H and O–H groups in total. The molecule has 2 atom stereocenters. The van der Waals surface area contributed by atoms with E-state index >= 15 is 0 Å². The van der Waals surface area contributed by atoms with Gasteiger partial charge in [-0.2, -0.15) is 5.10 Å². The van der Waals surface area contributed by atoms with Gasteiger partial charge in [0.2, 0.25) is 0 Å². The molecule has 7 nitrogen and oxygen atoms in total. The minimum Gasteiger partial charge on any atom is -0.480 e. The number of thioether (sulfide) groups is 1. The predicted octanol–water partition coefficient (Wildman–Crippen LogP) is 3.56. The molecule has 174 valence electrons. The number of ketones is 1. The number of carboxylic acids is 1. The Labute approximate surface area is 195 Å². The normalized spacial score (nSPS) is 21.2. The number of carbonyl (C=O) groups is 3. The second-order valence-corrected chi connectivity index (χ2v) is 9.89. The van der Waals surface area contributed by atoms with Crippen LogP contribution in [0.25, 0.3) is 6.08 Å². The third-order valence-electron chi connectivity index (χ3n) is 5.89. The van der Waals surface area contributed by atoms with Crippen molar-refractivity contribution in [2.24, 2.45) is 5.92 Å². The maximum Gasteiger partial charge on any atom is 0.325 e. The Morgan fingerprint density at radius 1 is 1.24 bits per heavy atom. The topological polar surface area (TPSA) is 92.5 Å². The molecule has 2 unspecified atom stereocenters. The molecule has 9 heteroatoms. The van der Waals surface area contributed by atoms with E-state index < -0.39 is 17.8 Å². The molecular formula is C24H26FN3O4S. The van der Waals surface area contributed by atoms with Gasteiger partial charge in [-0.3, -0.25) is 24.0 Å². The Morgan fingerprint density at radius 2 is 2.00 bits per heavy atom. The van der Waals surface area contributed by atoms with Gasteiger partial charge in [0.1, 0.15) is 12.4 Å². The highest BCUT2D eigenvalue weighted by Gasteiger charge is 2.41. The van der Waals surface area contributed by atoms with Crippen LogP contribution in [0.15, 0.2) is 42.1 Å². The molecule has 2 heterocycles. The number of benzene rings is 1. The van der Waals surface area contributed by atoms with Crippen LogP contribution in [0.4, 0.5) is 4.39 Å². The van der Waals surface area contributed by atoms with Crippen LogP contribution in [0.2, 0.25) is 0 Å². The summed E-state index contributed by atoms with van der Waals surface area (Å²) in [6.07, 6.45) is 5.75. The monoisotopic (exact) mass is 471 g/mol. The zero-order valence-corrected chi connectivity index (χ0v) is 19.1. The maximum absolute atomic E-state index is 14.7. The zero-order chi connectivity index (χ0) is 23.5. The lowest BCUT2D eigenvalue weighted by atomic mass is 9.93. The number of rotatable bonds is 8. The van der Waals surface area contributed by atoms with Gasteiger partial charge in [-0.1, -0.05) is 30.0 Å². The molecule has 2 fully saturated rings. The predicted molar refractivity (Wildman–Crippen MR) is 123 cm³/mol. The van der Waals surface area contributed by atoms with Crippen molar-refractivity contribution < 1.29 is 23.9 Å². The van der Waals surface area contributed by atoms with Crippen LogP contribution in [0.5, 0.6) is 0 Å². The molecule has 1 saturated heterocycles. The number of aliphatic carboxylic acids is 1. The Bertz CT molecular complexity index is 1090. The summed E-state index contributed by atoms with van der Waals surface area (Å²) < 4.78 is 16.1. The highest BCUT2D eigenvalue weighted by molar-refractivity contribution is 8.14. The van der Waals surface area contributed by atoms with Crippen molar-refractivity contribution in [3.05, 3.63) is 59.2 Å². The van der Waals surface area contributed by atoms with Crippen molar-refractivity contribution in [2.75, 3.05) is 13.1 Å². The maximum atomic E-state index is 14.7. The number of hydrogen-bond donors (Lipinski definition) is 1. The van der Waals surface area contributed by atoms with Crippen molar-refractivity contribution in [3.63, 3.8) is 0 Å². The molecule has 1 aromatic heterocycles. The largest absolute Gasteiger partial charge is 0.480 e. The minimum atomic E-state index is -0.988. The first-order chi connectivity index (χ1) is 15.8. The van der Waals surface area contributed by atoms with E-state index in [0.717, 1.165) is 18.4 Å². The number of nitrogens with zero attached hydrogens (tertiary/aromatic N) is 3. The van der Waals surface area contributed by atoms with Crippen LogP contribution in [-0.4, -0.2) is 55.0 Å². The Morgan fingerprint density at radius 3 is 2.67 bits per heavy atom. The second-order valence-electron chi connectivity index (χ2n) is 8.51. The third-order valence-corrected chi connectivity index (χ3v) is 7.05. The quantitative estimate of drug-likeness (QED) is 0.629. The molecule has 0 bridgehead atoms. The van der Waals surface area contributed by atoms with E-state index in [1.807, 2.05) is 11.0 Å². The fourth-order valence-electron chi connectivity index (χ4n) is 4.27. The lowest BCUT2D eigenvalue weighted by molar-refractivity contribution is -0.138. The fourth-order valence-corrected chi connectivity index (χ4v) is 5.18. The first-order valence-corrected chi connectivity index (χ1v) is 11.8. The average molecular weight is 472 g/mol. The van der Waals surface area contributed by atoms with Gasteiger partial charge in [-0.15, -0.1) is 0 Å². The molecule has 1 aliphatic carbocycles. The molecule has 2 aliphatic rings. The van der Waals surface area contributed by atoms with Crippen LogP contribution >= 0.6 is 11.8 Å². The van der Waals surface area contributed by atoms with Gasteiger partial charge in [0.15, 0.2) is 10.9 Å². The van der Waals surface area contributed by atoms with Gasteiger partial charge in [-0.25, -0.2) is 4.39 Å². The Kier molecular flexibility index (Phi) is 7.09. The average Bonchev–Trinajstić information content (AvgIpc) is 3.52. The van der Waals surface area contributed by atoms with Gasteiger partial charge in [0.05, 0.1) is 11.7 Å². The summed E-state index contributed by atoms with van der Waals surface area (Å²) >= 11 is 1.24. The molecule has 1 aromatic carbocycles. The molecule has 4 rings (SSSR count). The van der Waals surface area contributed by atoms with Crippen molar-refractivity contribution in [1.82, 2.24) is 14.7 Å². The molecule has 33 heavy (non-hydrogen) atoms. The second kappa shape index (κ2) is 10.0. The minimum absolute atomic E-state index is 0.00420. The summed E-state index contributed by atoms with van der Waals surface area (Å²) in [6.45, 7) is 2.24. The number of hydrogen-bond acceptors (Lipinski definition) is 6. The highest BCUT2D eigenvalue weighted by atomic mass is 32.2. The number of carboxylic acid groups (broad SMARTS) is 1. The Hall–Kier alpha value is -2.78. The van der Waals surface area contributed by atoms with Crippen molar-refractivity contribution in [2.45, 2.75) is 44.0 Å². The van der Waals surface area contributed by atoms with E-state index in [4.69, 9.17) is 5.11 Å². The fraction of sp³-hybridized carbons (Fsp3) is 0.417. The van der Waals surface area contributed by atoms with E-state index in [9.17, 15) is 18.8 Å². The number of carbonyl (C=O) groups excluding carboxylic acids is 2. The van der Waals surface area contributed by atoms with Crippen molar-refractivity contribution >= 4 is 34.7 Å². The molecule has 1 saturated carbocycles. The van der Waals surface area contributed by atoms with Gasteiger partial charge in [0.25, 0.3) is 0 Å². The first kappa shape index (κ1) is 23.4. The molecular weight excluding hydrogens is 445 g/mol. The zero-order valence-electron chi connectivity index (χ0n) is 18.3. The van der Waals surface area contributed by atoms with Gasteiger partial charge in [0, 0.05) is 42.9 Å². The number of aromatic nitrogens is 2. The van der Waals surface area contributed by atoms with Crippen LogP contribution in [0, 0.1) is 11.7 Å². The molecule has 0 radical (unpaired) electrons. The summed E-state index contributed by atoms with van der Waals surface area (Å²) in [5.41, 5.74) is 1.88. The van der Waals surface area contributed by atoms with Gasteiger partial charge >= 0.3 is 5.97 Å². The summed E-state index contributed by atoms with van der Waals surface area (Å²) in [7, 11) is 0. The van der Waals surface area contributed by atoms with Crippen LogP contribution in [0.3, 0.4) is 0 Å². The van der Waals surface area contributed by atoms with E-state index in [-0.39, 0.29) is 28.6 Å². The van der Waals surface area contributed by atoms with E-state index in [1.54, 1.807) is 30.5 Å². The summed E-state index contributed by atoms with van der Waals surface area (Å²) in [5.74, 6) is -1.37.